The maximum atomic E-state index is 13.6. The van der Waals surface area contributed by atoms with E-state index in [2.05, 4.69) is 41.0 Å². The van der Waals surface area contributed by atoms with E-state index in [0.29, 0.717) is 22.3 Å². The van der Waals surface area contributed by atoms with Crippen molar-refractivity contribution in [2.75, 3.05) is 0 Å². The van der Waals surface area contributed by atoms with Gasteiger partial charge < -0.3 is 10.3 Å². The Morgan fingerprint density at radius 3 is 2.85 bits per heavy atom. The average Bonchev–Trinajstić information content (AvgIpc) is 3.62. The summed E-state index contributed by atoms with van der Waals surface area (Å²) in [5.74, 6) is -0.632. The predicted molar refractivity (Wildman–Crippen MR) is 118 cm³/mol. The van der Waals surface area contributed by atoms with Crippen LogP contribution in [0.2, 0.25) is 4.34 Å². The number of halogens is 3. The van der Waals surface area contributed by atoms with E-state index in [1.807, 2.05) is 13.0 Å². The zero-order chi connectivity index (χ0) is 23.8. The molecule has 1 amide bonds. The first kappa shape index (κ1) is 22.0. The monoisotopic (exact) mass is 504 g/mol. The van der Waals surface area contributed by atoms with Crippen LogP contribution in [0.15, 0.2) is 36.9 Å². The van der Waals surface area contributed by atoms with Gasteiger partial charge in [-0.15, -0.1) is 26.6 Å². The number of nitrogens with one attached hydrogen (secondary N) is 2. The zero-order valence-electron chi connectivity index (χ0n) is 17.4. The van der Waals surface area contributed by atoms with Crippen molar-refractivity contribution in [2.45, 2.75) is 25.8 Å². The minimum Gasteiger partial charge on any atom is -0.342 e. The molecule has 5 rings (SSSR count). The number of aromatic nitrogens is 9. The largest absolute Gasteiger partial charge is 0.342 e. The Morgan fingerprint density at radius 1 is 1.32 bits per heavy atom. The first-order valence-electron chi connectivity index (χ1n) is 9.96. The molecule has 1 atom stereocenters. The van der Waals surface area contributed by atoms with Crippen LogP contribution in [0.1, 0.15) is 47.8 Å². The normalized spacial score (nSPS) is 12.5. The number of alkyl halides is 2. The van der Waals surface area contributed by atoms with E-state index < -0.39 is 24.2 Å². The molecule has 15 heteroatoms. The van der Waals surface area contributed by atoms with E-state index >= 15 is 0 Å². The lowest BCUT2D eigenvalue weighted by Crippen LogP contribution is -2.29. The second-order valence-corrected chi connectivity index (χ2v) is 8.83. The van der Waals surface area contributed by atoms with Crippen LogP contribution in [0.5, 0.6) is 0 Å². The molecule has 0 saturated heterocycles. The Morgan fingerprint density at radius 2 is 2.18 bits per heavy atom. The third-order valence-electron chi connectivity index (χ3n) is 5.07. The molecule has 5 aromatic heterocycles. The van der Waals surface area contributed by atoms with Gasteiger partial charge in [0.05, 0.1) is 32.7 Å². The van der Waals surface area contributed by atoms with Crippen molar-refractivity contribution in [1.29, 1.82) is 0 Å². The van der Waals surface area contributed by atoms with Crippen LogP contribution in [-0.2, 0) is 0 Å². The molecule has 0 bridgehead atoms. The number of thiophene rings is 1. The summed E-state index contributed by atoms with van der Waals surface area (Å²) < 4.78 is 30.2. The summed E-state index contributed by atoms with van der Waals surface area (Å²) in [5, 5.41) is 21.1. The van der Waals surface area contributed by atoms with Crippen LogP contribution in [0.25, 0.3) is 21.9 Å². The Balaban J connectivity index is 1.65. The third-order valence-corrected chi connectivity index (χ3v) is 6.32. The van der Waals surface area contributed by atoms with Gasteiger partial charge in [-0.1, -0.05) is 18.5 Å². The lowest BCUT2D eigenvalue weighted by atomic mass is 10.1. The number of tetrazole rings is 1. The molecule has 0 aliphatic heterocycles. The number of hydrogen-bond donors (Lipinski definition) is 2. The van der Waals surface area contributed by atoms with Crippen molar-refractivity contribution in [3.63, 3.8) is 0 Å². The molecule has 11 nitrogen and oxygen atoms in total. The van der Waals surface area contributed by atoms with Crippen LogP contribution in [0, 0.1) is 0 Å². The van der Waals surface area contributed by atoms with Gasteiger partial charge in [0.2, 0.25) is 5.82 Å². The molecule has 5 aromatic rings. The maximum Gasteiger partial charge on any atom is 0.299 e. The number of nitrogens with zero attached hydrogens (tertiary/aromatic N) is 8. The molecule has 2 N–H and O–H groups in total. The highest BCUT2D eigenvalue weighted by molar-refractivity contribution is 7.19. The molecule has 1 unspecified atom stereocenters. The van der Waals surface area contributed by atoms with Crippen molar-refractivity contribution < 1.29 is 13.6 Å². The first-order valence-corrected chi connectivity index (χ1v) is 11.2. The van der Waals surface area contributed by atoms with Gasteiger partial charge >= 0.3 is 0 Å². The number of hydrogen-bond acceptors (Lipinski definition) is 8. The summed E-state index contributed by atoms with van der Waals surface area (Å²) in [6.45, 7) is 1.88. The van der Waals surface area contributed by atoms with E-state index in [0.717, 1.165) is 9.56 Å². The van der Waals surface area contributed by atoms with Crippen LogP contribution >= 0.6 is 22.9 Å². The van der Waals surface area contributed by atoms with Crippen LogP contribution in [-0.4, -0.2) is 50.7 Å². The summed E-state index contributed by atoms with van der Waals surface area (Å²) in [6, 6.07) is 4.52. The molecule has 0 spiro atoms. The quantitative estimate of drug-likeness (QED) is 0.346. The Kier molecular flexibility index (Phi) is 5.75. The van der Waals surface area contributed by atoms with Gasteiger partial charge in [-0.05, 0) is 35.0 Å². The van der Waals surface area contributed by atoms with Gasteiger partial charge in [-0.2, -0.15) is 4.68 Å². The van der Waals surface area contributed by atoms with Gasteiger partial charge in [0.25, 0.3) is 12.3 Å². The molecular formula is C19H15ClF2N10OS. The van der Waals surface area contributed by atoms with Gasteiger partial charge in [0.15, 0.2) is 11.5 Å². The molecule has 34 heavy (non-hydrogen) atoms. The van der Waals surface area contributed by atoms with Crippen LogP contribution in [0.3, 0.4) is 0 Å². The lowest BCUT2D eigenvalue weighted by Gasteiger charge is -2.15. The van der Waals surface area contributed by atoms with Crippen LogP contribution < -0.4 is 5.32 Å². The lowest BCUT2D eigenvalue weighted by molar-refractivity contribution is 0.0933. The number of rotatable bonds is 7. The molecule has 0 aliphatic rings. The Hall–Kier alpha value is -3.78. The maximum absolute atomic E-state index is 13.6. The van der Waals surface area contributed by atoms with E-state index in [-0.39, 0.29) is 16.9 Å². The van der Waals surface area contributed by atoms with E-state index in [9.17, 15) is 13.6 Å². The van der Waals surface area contributed by atoms with Crippen LogP contribution in [0.4, 0.5) is 8.78 Å². The minimum absolute atomic E-state index is 0.120. The second-order valence-electron chi connectivity index (χ2n) is 7.11. The Bertz CT molecular complexity index is 1460. The van der Waals surface area contributed by atoms with Crippen molar-refractivity contribution >= 4 is 34.5 Å². The van der Waals surface area contributed by atoms with Gasteiger partial charge in [-0.3, -0.25) is 9.20 Å². The smallest absolute Gasteiger partial charge is 0.299 e. The molecule has 5 heterocycles. The SMILES string of the molecule is CCC(NC(=O)c1cc(-n2nnnc2C(F)F)c2ncc(-c3ccc(Cl)s3)n2c1)c1nnc[nH]1. The number of H-pyrrole nitrogens is 1. The summed E-state index contributed by atoms with van der Waals surface area (Å²) in [4.78, 5) is 21.3. The standard InChI is InChI=1S/C19H15ClF2N10OS/c1-2-10(16-24-8-25-27-16)26-19(33)9-5-11(32-18(15(21)22)28-29-30-32)17-23-6-12(31(17)7-9)13-3-4-14(20)34-13/h3-8,10,15H,2H2,1H3,(H,26,33)(H,24,25,27). The number of carbonyl (C=O) groups is 1. The van der Waals surface area contributed by atoms with Crippen molar-refractivity contribution in [2.24, 2.45) is 0 Å². The number of imidazole rings is 1. The molecule has 0 fully saturated rings. The second kappa shape index (κ2) is 8.87. The minimum atomic E-state index is -2.94. The predicted octanol–water partition coefficient (Wildman–Crippen LogP) is 3.63. The van der Waals surface area contributed by atoms with Crippen molar-refractivity contribution in [3.8, 4) is 16.3 Å². The molecule has 0 aliphatic carbocycles. The molecule has 0 saturated carbocycles. The molecular weight excluding hydrogens is 490 g/mol. The van der Waals surface area contributed by atoms with E-state index in [1.54, 1.807) is 22.9 Å². The van der Waals surface area contributed by atoms with Gasteiger partial charge in [0.1, 0.15) is 12.0 Å². The number of aromatic amines is 1. The summed E-state index contributed by atoms with van der Waals surface area (Å²) in [6.07, 6.45) is 2.17. The highest BCUT2D eigenvalue weighted by Crippen LogP contribution is 2.33. The number of carbonyl (C=O) groups excluding carboxylic acids is 1. The summed E-state index contributed by atoms with van der Waals surface area (Å²) in [5.41, 5.74) is 1.21. The van der Waals surface area contributed by atoms with Crippen molar-refractivity contribution in [3.05, 3.63) is 58.5 Å². The number of fused-ring (bicyclic) bond motifs is 1. The summed E-state index contributed by atoms with van der Waals surface area (Å²) >= 11 is 7.41. The fourth-order valence-corrected chi connectivity index (χ4v) is 4.53. The fourth-order valence-electron chi connectivity index (χ4n) is 3.48. The zero-order valence-corrected chi connectivity index (χ0v) is 18.9. The number of pyridine rings is 1. The van der Waals surface area contributed by atoms with E-state index in [1.165, 1.54) is 23.7 Å². The number of amides is 1. The van der Waals surface area contributed by atoms with E-state index in [4.69, 9.17) is 11.6 Å². The van der Waals surface area contributed by atoms with Gasteiger partial charge in [0, 0.05) is 6.20 Å². The fraction of sp³-hybridized carbons (Fsp3) is 0.211. The van der Waals surface area contributed by atoms with Gasteiger partial charge in [-0.25, -0.2) is 13.8 Å². The third kappa shape index (κ3) is 3.90. The highest BCUT2D eigenvalue weighted by atomic mass is 35.5. The topological polar surface area (TPSA) is 132 Å². The molecule has 0 radical (unpaired) electrons. The Labute approximate surface area is 198 Å². The summed E-state index contributed by atoms with van der Waals surface area (Å²) in [7, 11) is 0. The van der Waals surface area contributed by atoms with Crippen molar-refractivity contribution in [1.82, 2.24) is 50.1 Å². The highest BCUT2D eigenvalue weighted by Gasteiger charge is 2.24. The molecule has 0 aromatic carbocycles. The first-order chi connectivity index (χ1) is 16.5. The molecule has 174 valence electrons. The average molecular weight is 505 g/mol.